The number of nitro benzene ring substituents is 1. The molecule has 26 heavy (non-hydrogen) atoms. The lowest BCUT2D eigenvalue weighted by atomic mass is 10.2. The first-order valence-corrected chi connectivity index (χ1v) is 7.99. The van der Waals surface area contributed by atoms with Crippen LogP contribution in [0.25, 0.3) is 6.08 Å². The molecule has 2 rings (SSSR count). The van der Waals surface area contributed by atoms with Gasteiger partial charge >= 0.3 is 5.97 Å². The molecule has 9 heteroatoms. The number of benzene rings is 2. The molecule has 134 valence electrons. The Kier molecular flexibility index (Phi) is 6.56. The molecular weight excluding hydrogens is 411 g/mol. The van der Waals surface area contributed by atoms with Gasteiger partial charge in [0.15, 0.2) is 6.61 Å². The van der Waals surface area contributed by atoms with Gasteiger partial charge in [-0.3, -0.25) is 14.9 Å². The summed E-state index contributed by atoms with van der Waals surface area (Å²) in [5.41, 5.74) is 0.363. The molecule has 0 radical (unpaired) electrons. The Hall–Kier alpha value is -3.07. The van der Waals surface area contributed by atoms with Crippen molar-refractivity contribution in [2.24, 2.45) is 0 Å². The van der Waals surface area contributed by atoms with E-state index in [9.17, 15) is 24.1 Å². The fourth-order valence-corrected chi connectivity index (χ4v) is 2.32. The summed E-state index contributed by atoms with van der Waals surface area (Å²) < 4.78 is 18.5. The van der Waals surface area contributed by atoms with Gasteiger partial charge in [-0.25, -0.2) is 9.18 Å². The van der Waals surface area contributed by atoms with Crippen LogP contribution < -0.4 is 5.32 Å². The number of esters is 1. The van der Waals surface area contributed by atoms with E-state index in [0.29, 0.717) is 10.2 Å². The van der Waals surface area contributed by atoms with E-state index in [2.05, 4.69) is 21.2 Å². The molecule has 0 aliphatic rings. The summed E-state index contributed by atoms with van der Waals surface area (Å²) in [6.45, 7) is -0.566. The van der Waals surface area contributed by atoms with Crippen LogP contribution >= 0.6 is 15.9 Å². The largest absolute Gasteiger partial charge is 0.452 e. The van der Waals surface area contributed by atoms with Crippen LogP contribution in [0, 0.1) is 15.9 Å². The van der Waals surface area contributed by atoms with Gasteiger partial charge in [-0.1, -0.05) is 18.2 Å². The average molecular weight is 423 g/mol. The van der Waals surface area contributed by atoms with Gasteiger partial charge in [0.25, 0.3) is 11.6 Å². The third kappa shape index (κ3) is 5.49. The van der Waals surface area contributed by atoms with E-state index >= 15 is 0 Å². The number of hydrogen-bond donors (Lipinski definition) is 1. The minimum Gasteiger partial charge on any atom is -0.452 e. The van der Waals surface area contributed by atoms with E-state index in [1.54, 1.807) is 6.07 Å². The molecule has 0 saturated carbocycles. The van der Waals surface area contributed by atoms with Gasteiger partial charge in [-0.2, -0.15) is 0 Å². The Balaban J connectivity index is 1.88. The van der Waals surface area contributed by atoms with Crippen LogP contribution in [-0.2, 0) is 14.3 Å². The fraction of sp³-hybridized carbons (Fsp3) is 0.0588. The zero-order valence-corrected chi connectivity index (χ0v) is 14.7. The number of rotatable bonds is 6. The maximum Gasteiger partial charge on any atom is 0.331 e. The highest BCUT2D eigenvalue weighted by Gasteiger charge is 2.12. The third-order valence-corrected chi connectivity index (χ3v) is 3.74. The number of carbonyl (C=O) groups is 2. The zero-order valence-electron chi connectivity index (χ0n) is 13.1. The first-order valence-electron chi connectivity index (χ1n) is 7.20. The number of non-ortho nitro benzene ring substituents is 1. The number of halogens is 2. The Morgan fingerprint density at radius 1 is 1.27 bits per heavy atom. The number of nitro groups is 1. The molecule has 7 nitrogen and oxygen atoms in total. The number of ether oxygens (including phenoxy) is 1. The van der Waals surface area contributed by atoms with Crippen molar-refractivity contribution in [1.82, 2.24) is 0 Å². The number of carbonyl (C=O) groups excluding carboxylic acids is 2. The molecule has 1 N–H and O–H groups in total. The topological polar surface area (TPSA) is 98.5 Å². The Labute approximate surface area is 155 Å². The van der Waals surface area contributed by atoms with Crippen molar-refractivity contribution in [3.8, 4) is 0 Å². The number of anilines is 1. The summed E-state index contributed by atoms with van der Waals surface area (Å²) in [5.74, 6) is -1.93. The molecule has 0 bridgehead atoms. The maximum atomic E-state index is 13.4. The van der Waals surface area contributed by atoms with E-state index < -0.39 is 29.2 Å². The normalized spacial score (nSPS) is 10.5. The van der Waals surface area contributed by atoms with Crippen molar-refractivity contribution in [3.63, 3.8) is 0 Å². The standard InChI is InChI=1S/C17H12BrFN2O5/c18-13-9-12(21(24)25)6-7-15(13)20-16(22)10-26-17(23)8-5-11-3-1-2-4-14(11)19/h1-9H,10H2,(H,20,22)/b8-5+. The second kappa shape index (κ2) is 8.86. The lowest BCUT2D eigenvalue weighted by molar-refractivity contribution is -0.384. The minimum atomic E-state index is -0.814. The Morgan fingerprint density at radius 3 is 2.65 bits per heavy atom. The van der Waals surface area contributed by atoms with Crippen molar-refractivity contribution in [2.45, 2.75) is 0 Å². The average Bonchev–Trinajstić information content (AvgIpc) is 2.60. The quantitative estimate of drug-likeness (QED) is 0.331. The first kappa shape index (κ1) is 19.3. The predicted octanol–water partition coefficient (Wildman–Crippen LogP) is 3.69. The highest BCUT2D eigenvalue weighted by molar-refractivity contribution is 9.10. The van der Waals surface area contributed by atoms with Crippen molar-refractivity contribution < 1.29 is 23.6 Å². The molecule has 0 aliphatic heterocycles. The molecule has 0 unspecified atom stereocenters. The summed E-state index contributed by atoms with van der Waals surface area (Å²) in [6, 6.07) is 9.68. The van der Waals surface area contributed by atoms with Crippen LogP contribution in [-0.4, -0.2) is 23.4 Å². The van der Waals surface area contributed by atoms with Crippen molar-refractivity contribution in [1.29, 1.82) is 0 Å². The lowest BCUT2D eigenvalue weighted by Gasteiger charge is -2.07. The molecule has 2 aromatic carbocycles. The van der Waals surface area contributed by atoms with Gasteiger partial charge in [0.1, 0.15) is 5.82 Å². The molecule has 2 aromatic rings. The van der Waals surface area contributed by atoms with Crippen LogP contribution in [0.2, 0.25) is 0 Å². The zero-order chi connectivity index (χ0) is 19.1. The summed E-state index contributed by atoms with van der Waals surface area (Å²) in [5, 5.41) is 13.1. The highest BCUT2D eigenvalue weighted by atomic mass is 79.9. The fourth-order valence-electron chi connectivity index (χ4n) is 1.86. The van der Waals surface area contributed by atoms with Gasteiger partial charge in [-0.15, -0.1) is 0 Å². The van der Waals surface area contributed by atoms with Gasteiger partial charge in [-0.05, 0) is 34.1 Å². The molecule has 1 amide bonds. The van der Waals surface area contributed by atoms with Crippen molar-refractivity contribution >= 4 is 45.3 Å². The van der Waals surface area contributed by atoms with E-state index in [-0.39, 0.29) is 11.3 Å². The van der Waals surface area contributed by atoms with Crippen LogP contribution in [0.3, 0.4) is 0 Å². The SMILES string of the molecule is O=C(COC(=O)/C=C/c1ccccc1F)Nc1ccc([N+](=O)[O-])cc1Br. The highest BCUT2D eigenvalue weighted by Crippen LogP contribution is 2.27. The van der Waals surface area contributed by atoms with E-state index in [0.717, 1.165) is 6.08 Å². The van der Waals surface area contributed by atoms with Crippen LogP contribution in [0.1, 0.15) is 5.56 Å². The summed E-state index contributed by atoms with van der Waals surface area (Å²) in [7, 11) is 0. The molecule has 0 atom stereocenters. The van der Waals surface area contributed by atoms with Gasteiger partial charge in [0, 0.05) is 28.2 Å². The number of nitrogens with zero attached hydrogens (tertiary/aromatic N) is 1. The van der Waals surface area contributed by atoms with Gasteiger partial charge < -0.3 is 10.1 Å². The first-order chi connectivity index (χ1) is 12.4. The minimum absolute atomic E-state index is 0.139. The summed E-state index contributed by atoms with van der Waals surface area (Å²) in [6.07, 6.45) is 2.25. The Bertz CT molecular complexity index is 885. The molecule has 0 spiro atoms. The second-order valence-corrected chi connectivity index (χ2v) is 5.79. The van der Waals surface area contributed by atoms with E-state index in [4.69, 9.17) is 4.74 Å². The Morgan fingerprint density at radius 2 is 2.00 bits per heavy atom. The molecule has 0 saturated heterocycles. The molecule has 0 heterocycles. The molecule has 0 aromatic heterocycles. The molecule has 0 fully saturated rings. The lowest BCUT2D eigenvalue weighted by Crippen LogP contribution is -2.20. The van der Waals surface area contributed by atoms with Crippen molar-refractivity contribution in [2.75, 3.05) is 11.9 Å². The number of hydrogen-bond acceptors (Lipinski definition) is 5. The van der Waals surface area contributed by atoms with Crippen LogP contribution in [0.15, 0.2) is 53.0 Å². The summed E-state index contributed by atoms with van der Waals surface area (Å²) in [4.78, 5) is 33.5. The van der Waals surface area contributed by atoms with Crippen LogP contribution in [0.5, 0.6) is 0 Å². The van der Waals surface area contributed by atoms with Crippen molar-refractivity contribution in [3.05, 3.63) is 74.5 Å². The third-order valence-electron chi connectivity index (χ3n) is 3.09. The van der Waals surface area contributed by atoms with Crippen LogP contribution in [0.4, 0.5) is 15.8 Å². The smallest absolute Gasteiger partial charge is 0.331 e. The predicted molar refractivity (Wildman–Crippen MR) is 95.8 cm³/mol. The monoisotopic (exact) mass is 422 g/mol. The molecule has 0 aliphatic carbocycles. The second-order valence-electron chi connectivity index (χ2n) is 4.93. The van der Waals surface area contributed by atoms with E-state index in [1.165, 1.54) is 42.5 Å². The van der Waals surface area contributed by atoms with E-state index in [1.807, 2.05) is 0 Å². The maximum absolute atomic E-state index is 13.4. The molecular formula is C17H12BrFN2O5. The van der Waals surface area contributed by atoms with Gasteiger partial charge in [0.05, 0.1) is 10.6 Å². The number of amides is 1. The summed E-state index contributed by atoms with van der Waals surface area (Å²) >= 11 is 3.11. The van der Waals surface area contributed by atoms with Gasteiger partial charge in [0.2, 0.25) is 0 Å². The number of nitrogens with one attached hydrogen (secondary N) is 1.